The summed E-state index contributed by atoms with van der Waals surface area (Å²) in [5, 5.41) is 10.3. The number of anilines is 1. The number of aliphatic carboxylic acids is 1. The molecule has 1 amide bonds. The minimum atomic E-state index is -1.23. The molecule has 0 heterocycles. The lowest BCUT2D eigenvalue weighted by Gasteiger charge is -2.06. The maximum atomic E-state index is 13.1. The van der Waals surface area contributed by atoms with Crippen molar-refractivity contribution < 1.29 is 28.2 Å². The van der Waals surface area contributed by atoms with Crippen LogP contribution in [-0.2, 0) is 14.3 Å². The second-order valence-corrected chi connectivity index (χ2v) is 3.06. The summed E-state index contributed by atoms with van der Waals surface area (Å²) in [6.45, 7) is -1.19. The van der Waals surface area contributed by atoms with E-state index in [-0.39, 0.29) is 5.69 Å². The normalized spacial score (nSPS) is 10.0. The van der Waals surface area contributed by atoms with E-state index < -0.39 is 36.7 Å². The van der Waals surface area contributed by atoms with Crippen molar-refractivity contribution in [3.63, 3.8) is 0 Å². The third-order valence-electron chi connectivity index (χ3n) is 1.66. The van der Waals surface area contributed by atoms with Crippen LogP contribution in [0.25, 0.3) is 0 Å². The Kier molecular flexibility index (Phi) is 4.53. The maximum Gasteiger partial charge on any atom is 0.329 e. The summed E-state index contributed by atoms with van der Waals surface area (Å²) in [5.74, 6) is -3.49. The minimum absolute atomic E-state index is 0.325. The number of hydrogen-bond donors (Lipinski definition) is 2. The Morgan fingerprint density at radius 3 is 2.65 bits per heavy atom. The number of carboxylic acids is 1. The molecule has 0 aliphatic rings. The molecule has 17 heavy (non-hydrogen) atoms. The zero-order valence-electron chi connectivity index (χ0n) is 8.57. The van der Waals surface area contributed by atoms with Crippen molar-refractivity contribution in [3.8, 4) is 0 Å². The summed E-state index contributed by atoms with van der Waals surface area (Å²) in [6.07, 6.45) is 0. The summed E-state index contributed by atoms with van der Waals surface area (Å²) in [5.41, 5.74) is -0.325. The number of ether oxygens (including phenoxy) is 1. The summed E-state index contributed by atoms with van der Waals surface area (Å²) in [7, 11) is 0. The van der Waals surface area contributed by atoms with Gasteiger partial charge in [-0.2, -0.15) is 0 Å². The quantitative estimate of drug-likeness (QED) is 0.811. The molecule has 0 saturated carbocycles. The SMILES string of the molecule is O=C(O)COCC(=O)Nc1cc(F)ccc1F. The molecule has 0 fully saturated rings. The van der Waals surface area contributed by atoms with Gasteiger partial charge < -0.3 is 15.2 Å². The fourth-order valence-electron chi connectivity index (χ4n) is 1.01. The number of rotatable bonds is 5. The number of amides is 1. The fraction of sp³-hybridized carbons (Fsp3) is 0.200. The molecule has 0 unspecified atom stereocenters. The van der Waals surface area contributed by atoms with Gasteiger partial charge in [0.2, 0.25) is 5.91 Å². The number of benzene rings is 1. The third kappa shape index (κ3) is 4.56. The van der Waals surface area contributed by atoms with Gasteiger partial charge >= 0.3 is 5.97 Å². The Bertz CT molecular complexity index is 436. The van der Waals surface area contributed by atoms with Gasteiger partial charge in [-0.05, 0) is 12.1 Å². The molecule has 0 bridgehead atoms. The van der Waals surface area contributed by atoms with Crippen LogP contribution in [0.1, 0.15) is 0 Å². The lowest BCUT2D eigenvalue weighted by Crippen LogP contribution is -2.21. The van der Waals surface area contributed by atoms with Crippen LogP contribution in [-0.4, -0.2) is 30.2 Å². The molecule has 0 aliphatic heterocycles. The fourth-order valence-corrected chi connectivity index (χ4v) is 1.01. The van der Waals surface area contributed by atoms with Crippen molar-refractivity contribution in [2.24, 2.45) is 0 Å². The molecule has 1 rings (SSSR count). The lowest BCUT2D eigenvalue weighted by atomic mass is 10.3. The van der Waals surface area contributed by atoms with E-state index in [2.05, 4.69) is 10.1 Å². The number of carbonyl (C=O) groups excluding carboxylic acids is 1. The first kappa shape index (κ1) is 13.0. The molecule has 1 aromatic carbocycles. The van der Waals surface area contributed by atoms with Crippen molar-refractivity contribution in [2.75, 3.05) is 18.5 Å². The highest BCUT2D eigenvalue weighted by Gasteiger charge is 2.08. The van der Waals surface area contributed by atoms with Crippen LogP contribution < -0.4 is 5.32 Å². The van der Waals surface area contributed by atoms with Crippen molar-refractivity contribution in [2.45, 2.75) is 0 Å². The largest absolute Gasteiger partial charge is 0.480 e. The molecule has 0 aliphatic carbocycles. The Morgan fingerprint density at radius 1 is 1.29 bits per heavy atom. The first-order chi connectivity index (χ1) is 7.99. The van der Waals surface area contributed by atoms with Crippen molar-refractivity contribution in [1.29, 1.82) is 0 Å². The van der Waals surface area contributed by atoms with E-state index >= 15 is 0 Å². The Balaban J connectivity index is 2.50. The molecule has 5 nitrogen and oxygen atoms in total. The van der Waals surface area contributed by atoms with E-state index in [1.54, 1.807) is 0 Å². The van der Waals surface area contributed by atoms with Crippen LogP contribution in [0.5, 0.6) is 0 Å². The van der Waals surface area contributed by atoms with Crippen LogP contribution in [0, 0.1) is 11.6 Å². The molecular formula is C10H9F2NO4. The summed E-state index contributed by atoms with van der Waals surface area (Å²) in [6, 6.07) is 2.58. The summed E-state index contributed by atoms with van der Waals surface area (Å²) in [4.78, 5) is 21.2. The molecule has 0 aromatic heterocycles. The van der Waals surface area contributed by atoms with Crippen molar-refractivity contribution in [3.05, 3.63) is 29.8 Å². The summed E-state index contributed by atoms with van der Waals surface area (Å²) >= 11 is 0. The zero-order valence-corrected chi connectivity index (χ0v) is 8.57. The molecule has 0 atom stereocenters. The number of carboxylic acid groups (broad SMARTS) is 1. The first-order valence-corrected chi connectivity index (χ1v) is 4.53. The smallest absolute Gasteiger partial charge is 0.329 e. The molecule has 0 radical (unpaired) electrons. The second-order valence-electron chi connectivity index (χ2n) is 3.06. The highest BCUT2D eigenvalue weighted by atomic mass is 19.1. The topological polar surface area (TPSA) is 75.6 Å². The van der Waals surface area contributed by atoms with Crippen LogP contribution in [0.3, 0.4) is 0 Å². The Hall–Kier alpha value is -2.02. The van der Waals surface area contributed by atoms with Gasteiger partial charge in [-0.15, -0.1) is 0 Å². The van der Waals surface area contributed by atoms with Crippen LogP contribution in [0.4, 0.5) is 14.5 Å². The van der Waals surface area contributed by atoms with E-state index in [0.717, 1.165) is 18.2 Å². The van der Waals surface area contributed by atoms with Crippen LogP contribution >= 0.6 is 0 Å². The van der Waals surface area contributed by atoms with E-state index in [0.29, 0.717) is 0 Å². The number of halogens is 2. The van der Waals surface area contributed by atoms with Gasteiger partial charge in [0, 0.05) is 6.07 Å². The van der Waals surface area contributed by atoms with Crippen molar-refractivity contribution >= 4 is 17.6 Å². The van der Waals surface area contributed by atoms with Gasteiger partial charge in [-0.25, -0.2) is 13.6 Å². The van der Waals surface area contributed by atoms with E-state index in [1.807, 2.05) is 0 Å². The molecular weight excluding hydrogens is 236 g/mol. The van der Waals surface area contributed by atoms with Gasteiger partial charge in [-0.1, -0.05) is 0 Å². The highest BCUT2D eigenvalue weighted by Crippen LogP contribution is 2.14. The summed E-state index contributed by atoms with van der Waals surface area (Å²) < 4.78 is 30.3. The second kappa shape index (κ2) is 5.90. The molecule has 1 aromatic rings. The number of nitrogens with one attached hydrogen (secondary N) is 1. The van der Waals surface area contributed by atoms with Crippen LogP contribution in [0.15, 0.2) is 18.2 Å². The van der Waals surface area contributed by atoms with Crippen molar-refractivity contribution in [1.82, 2.24) is 0 Å². The highest BCUT2D eigenvalue weighted by molar-refractivity contribution is 5.91. The van der Waals surface area contributed by atoms with E-state index in [9.17, 15) is 18.4 Å². The molecule has 0 spiro atoms. The van der Waals surface area contributed by atoms with Gasteiger partial charge in [-0.3, -0.25) is 4.79 Å². The van der Waals surface area contributed by atoms with Gasteiger partial charge in [0.05, 0.1) is 5.69 Å². The van der Waals surface area contributed by atoms with Gasteiger partial charge in [0.25, 0.3) is 0 Å². The predicted molar refractivity (Wildman–Crippen MR) is 53.4 cm³/mol. The molecule has 0 saturated heterocycles. The number of carbonyl (C=O) groups is 2. The first-order valence-electron chi connectivity index (χ1n) is 4.53. The monoisotopic (exact) mass is 245 g/mol. The van der Waals surface area contributed by atoms with E-state index in [4.69, 9.17) is 5.11 Å². The molecule has 7 heteroatoms. The predicted octanol–water partition coefficient (Wildman–Crippen LogP) is 1.00. The third-order valence-corrected chi connectivity index (χ3v) is 1.66. The molecule has 92 valence electrons. The average molecular weight is 245 g/mol. The number of hydrogen-bond acceptors (Lipinski definition) is 3. The Morgan fingerprint density at radius 2 is 2.00 bits per heavy atom. The Labute approximate surface area is 95.0 Å². The van der Waals surface area contributed by atoms with Gasteiger partial charge in [0.1, 0.15) is 24.8 Å². The zero-order chi connectivity index (χ0) is 12.8. The standard InChI is InChI=1S/C10H9F2NO4/c11-6-1-2-7(12)8(3-6)13-9(14)4-17-5-10(15)16/h1-3H,4-5H2,(H,13,14)(H,15,16). The maximum absolute atomic E-state index is 13.1. The molecule has 2 N–H and O–H groups in total. The average Bonchev–Trinajstić information content (AvgIpc) is 2.23. The lowest BCUT2D eigenvalue weighted by molar-refractivity contribution is -0.143. The van der Waals surface area contributed by atoms with E-state index in [1.165, 1.54) is 0 Å². The van der Waals surface area contributed by atoms with Gasteiger partial charge in [0.15, 0.2) is 0 Å². The van der Waals surface area contributed by atoms with Crippen LogP contribution in [0.2, 0.25) is 0 Å². The minimum Gasteiger partial charge on any atom is -0.480 e.